The van der Waals surface area contributed by atoms with Crippen LogP contribution in [0.3, 0.4) is 0 Å². The van der Waals surface area contributed by atoms with Crippen LogP contribution in [0.4, 0.5) is 0 Å². The Morgan fingerprint density at radius 2 is 1.93 bits per heavy atom. The summed E-state index contributed by atoms with van der Waals surface area (Å²) in [4.78, 5) is 11.1. The molecule has 0 aromatic rings. The smallest absolute Gasteiger partial charge is 0.335 e. The lowest BCUT2D eigenvalue weighted by atomic mass is 10.0. The average molecular weight is 204 g/mol. The Hall–Kier alpha value is -1.31. The molecule has 0 amide bonds. The van der Waals surface area contributed by atoms with Crippen LogP contribution in [-0.4, -0.2) is 11.1 Å². The van der Waals surface area contributed by atoms with Crippen molar-refractivity contribution in [3.8, 4) is 0 Å². The number of allylic oxidation sites excluding steroid dienone is 4. The number of carboxylic acids is 1. The van der Waals surface area contributed by atoms with Gasteiger partial charge in [-0.3, -0.25) is 0 Å². The largest absolute Gasteiger partial charge is 0.478 e. The lowest BCUT2D eigenvalue weighted by Crippen LogP contribution is -2.03. The molecule has 0 atom stereocenters. The van der Waals surface area contributed by atoms with E-state index in [9.17, 15) is 4.79 Å². The zero-order chi connectivity index (χ0) is 10.7. The molecule has 0 aliphatic heterocycles. The first-order chi connectivity index (χ1) is 7.27. The minimum atomic E-state index is -0.782. The summed E-state index contributed by atoms with van der Waals surface area (Å²) in [5.74, 6) is -0.782. The first-order valence-corrected chi connectivity index (χ1v) is 5.61. The van der Waals surface area contributed by atoms with Crippen molar-refractivity contribution in [3.05, 3.63) is 34.9 Å². The minimum absolute atomic E-state index is 0.514. The summed E-state index contributed by atoms with van der Waals surface area (Å²) in [6.07, 6.45) is 12.4. The van der Waals surface area contributed by atoms with Gasteiger partial charge in [0.15, 0.2) is 0 Å². The Morgan fingerprint density at radius 1 is 1.20 bits per heavy atom. The molecular weight excluding hydrogens is 188 g/mol. The molecule has 80 valence electrons. The second-order valence-electron chi connectivity index (χ2n) is 4.16. The summed E-state index contributed by atoms with van der Waals surface area (Å²) >= 11 is 0. The third kappa shape index (κ3) is 2.38. The zero-order valence-corrected chi connectivity index (χ0v) is 8.83. The molecule has 2 rings (SSSR count). The van der Waals surface area contributed by atoms with Gasteiger partial charge < -0.3 is 5.11 Å². The summed E-state index contributed by atoms with van der Waals surface area (Å²) in [6, 6.07) is 0. The topological polar surface area (TPSA) is 37.3 Å². The van der Waals surface area contributed by atoms with E-state index < -0.39 is 5.97 Å². The summed E-state index contributed by atoms with van der Waals surface area (Å²) < 4.78 is 0. The summed E-state index contributed by atoms with van der Waals surface area (Å²) in [5.41, 5.74) is 2.73. The van der Waals surface area contributed by atoms with Crippen LogP contribution in [0.25, 0.3) is 0 Å². The van der Waals surface area contributed by atoms with Gasteiger partial charge in [0.2, 0.25) is 0 Å². The van der Waals surface area contributed by atoms with E-state index in [1.807, 2.05) is 6.08 Å². The molecule has 0 spiro atoms. The molecule has 0 aromatic heterocycles. The molecule has 1 N–H and O–H groups in total. The molecule has 2 nitrogen and oxygen atoms in total. The van der Waals surface area contributed by atoms with Crippen molar-refractivity contribution in [1.82, 2.24) is 0 Å². The Bertz CT molecular complexity index is 359. The van der Waals surface area contributed by atoms with Gasteiger partial charge in [-0.25, -0.2) is 4.79 Å². The SMILES string of the molecule is O=C(O)/C(=C/C1=CCCC1)C1=CCCC1. The molecular formula is C13H16O2. The molecule has 2 aliphatic rings. The van der Waals surface area contributed by atoms with Gasteiger partial charge in [-0.2, -0.15) is 0 Å². The summed E-state index contributed by atoms with van der Waals surface area (Å²) in [7, 11) is 0. The van der Waals surface area contributed by atoms with Crippen molar-refractivity contribution in [2.45, 2.75) is 38.5 Å². The van der Waals surface area contributed by atoms with Gasteiger partial charge in [0, 0.05) is 0 Å². The van der Waals surface area contributed by atoms with E-state index >= 15 is 0 Å². The fraction of sp³-hybridized carbons (Fsp3) is 0.462. The maximum atomic E-state index is 11.1. The van der Waals surface area contributed by atoms with Gasteiger partial charge >= 0.3 is 5.97 Å². The fourth-order valence-corrected chi connectivity index (χ4v) is 2.22. The molecule has 0 fully saturated rings. The highest BCUT2D eigenvalue weighted by molar-refractivity contribution is 5.92. The maximum Gasteiger partial charge on any atom is 0.335 e. The van der Waals surface area contributed by atoms with Gasteiger partial charge in [0.05, 0.1) is 5.57 Å². The van der Waals surface area contributed by atoms with E-state index in [1.54, 1.807) is 0 Å². The van der Waals surface area contributed by atoms with Crippen LogP contribution in [-0.2, 0) is 4.79 Å². The van der Waals surface area contributed by atoms with Gasteiger partial charge in [0.25, 0.3) is 0 Å². The highest BCUT2D eigenvalue weighted by Crippen LogP contribution is 2.28. The van der Waals surface area contributed by atoms with Crippen LogP contribution < -0.4 is 0 Å². The predicted molar refractivity (Wildman–Crippen MR) is 59.6 cm³/mol. The van der Waals surface area contributed by atoms with Crippen LogP contribution in [0.2, 0.25) is 0 Å². The predicted octanol–water partition coefficient (Wildman–Crippen LogP) is 3.22. The van der Waals surface area contributed by atoms with E-state index in [0.717, 1.165) is 44.1 Å². The molecule has 0 heterocycles. The minimum Gasteiger partial charge on any atom is -0.478 e. The highest BCUT2D eigenvalue weighted by Gasteiger charge is 2.17. The third-order valence-electron chi connectivity index (χ3n) is 3.02. The second-order valence-corrected chi connectivity index (χ2v) is 4.16. The molecule has 0 saturated heterocycles. The molecule has 2 heteroatoms. The number of carboxylic acid groups (broad SMARTS) is 1. The van der Waals surface area contributed by atoms with E-state index in [0.29, 0.717) is 5.57 Å². The van der Waals surface area contributed by atoms with Gasteiger partial charge in [-0.05, 0) is 50.2 Å². The first kappa shape index (κ1) is 10.2. The van der Waals surface area contributed by atoms with Crippen LogP contribution in [0.15, 0.2) is 34.9 Å². The van der Waals surface area contributed by atoms with E-state index in [4.69, 9.17) is 5.11 Å². The average Bonchev–Trinajstić information content (AvgIpc) is 2.87. The maximum absolute atomic E-state index is 11.1. The van der Waals surface area contributed by atoms with Crippen LogP contribution in [0.5, 0.6) is 0 Å². The zero-order valence-electron chi connectivity index (χ0n) is 8.83. The Labute approximate surface area is 90.0 Å². The van der Waals surface area contributed by atoms with E-state index in [-0.39, 0.29) is 0 Å². The normalized spacial score (nSPS) is 21.5. The third-order valence-corrected chi connectivity index (χ3v) is 3.02. The van der Waals surface area contributed by atoms with Crippen molar-refractivity contribution < 1.29 is 9.90 Å². The van der Waals surface area contributed by atoms with E-state index in [1.165, 1.54) is 5.57 Å². The van der Waals surface area contributed by atoms with Crippen molar-refractivity contribution >= 4 is 5.97 Å². The Kier molecular flexibility index (Phi) is 3.05. The van der Waals surface area contributed by atoms with Crippen molar-refractivity contribution in [2.75, 3.05) is 0 Å². The van der Waals surface area contributed by atoms with Crippen LogP contribution in [0, 0.1) is 0 Å². The lowest BCUT2D eigenvalue weighted by Gasteiger charge is -2.03. The van der Waals surface area contributed by atoms with Gasteiger partial charge in [0.1, 0.15) is 0 Å². The lowest BCUT2D eigenvalue weighted by molar-refractivity contribution is -0.132. The van der Waals surface area contributed by atoms with Crippen molar-refractivity contribution in [1.29, 1.82) is 0 Å². The van der Waals surface area contributed by atoms with Crippen molar-refractivity contribution in [2.24, 2.45) is 0 Å². The quantitative estimate of drug-likeness (QED) is 0.717. The fourth-order valence-electron chi connectivity index (χ4n) is 2.22. The van der Waals surface area contributed by atoms with Gasteiger partial charge in [-0.1, -0.05) is 17.7 Å². The summed E-state index contributed by atoms with van der Waals surface area (Å²) in [6.45, 7) is 0. The first-order valence-electron chi connectivity index (χ1n) is 5.61. The number of hydrogen-bond acceptors (Lipinski definition) is 1. The highest BCUT2D eigenvalue weighted by atomic mass is 16.4. The molecule has 0 radical (unpaired) electrons. The van der Waals surface area contributed by atoms with Crippen LogP contribution in [0.1, 0.15) is 38.5 Å². The molecule has 15 heavy (non-hydrogen) atoms. The number of hydrogen-bond donors (Lipinski definition) is 1. The second kappa shape index (κ2) is 4.47. The molecule has 0 aromatic carbocycles. The number of aliphatic carboxylic acids is 1. The Morgan fingerprint density at radius 3 is 2.47 bits per heavy atom. The summed E-state index contributed by atoms with van der Waals surface area (Å²) in [5, 5.41) is 9.16. The Balaban J connectivity index is 2.22. The van der Waals surface area contributed by atoms with E-state index in [2.05, 4.69) is 12.2 Å². The van der Waals surface area contributed by atoms with Gasteiger partial charge in [-0.15, -0.1) is 0 Å². The molecule has 0 unspecified atom stereocenters. The number of carbonyl (C=O) groups is 1. The van der Waals surface area contributed by atoms with Crippen molar-refractivity contribution in [3.63, 3.8) is 0 Å². The standard InChI is InChI=1S/C13H16O2/c14-13(15)12(11-7-3-4-8-11)9-10-5-1-2-6-10/h5,7,9H,1-4,6,8H2,(H,14,15)/b12-9+. The monoisotopic (exact) mass is 204 g/mol. The molecule has 2 aliphatic carbocycles. The number of rotatable bonds is 3. The molecule has 0 bridgehead atoms. The van der Waals surface area contributed by atoms with Crippen LogP contribution >= 0.6 is 0 Å². The molecule has 0 saturated carbocycles.